The number of hydrogen-bond donors (Lipinski definition) is 0. The third-order valence-electron chi connectivity index (χ3n) is 3.77. The molecule has 1 aromatic heterocycles. The molecule has 0 unspecified atom stereocenters. The number of para-hydroxylation sites is 2. The van der Waals surface area contributed by atoms with Crippen molar-refractivity contribution in [3.63, 3.8) is 0 Å². The van der Waals surface area contributed by atoms with E-state index in [1.54, 1.807) is 0 Å². The minimum absolute atomic E-state index is 0.395. The summed E-state index contributed by atoms with van der Waals surface area (Å²) in [5, 5.41) is 0. The van der Waals surface area contributed by atoms with Crippen LogP contribution < -0.4 is 4.74 Å². The molecule has 3 heteroatoms. The van der Waals surface area contributed by atoms with Gasteiger partial charge in [-0.2, -0.15) is 0 Å². The van der Waals surface area contributed by atoms with E-state index >= 15 is 0 Å². The topological polar surface area (TPSA) is 27.1 Å². The molecule has 0 aliphatic rings. The lowest BCUT2D eigenvalue weighted by molar-refractivity contribution is 0.297. The second-order valence-corrected chi connectivity index (χ2v) is 5.93. The number of ether oxygens (including phenoxy) is 1. The van der Waals surface area contributed by atoms with E-state index in [1.165, 1.54) is 11.1 Å². The molecule has 3 aromatic rings. The average molecular weight is 294 g/mol. The molecule has 0 N–H and O–H groups in total. The lowest BCUT2D eigenvalue weighted by Gasteiger charge is -2.12. The molecular weight excluding hydrogens is 272 g/mol. The molecule has 0 saturated carbocycles. The van der Waals surface area contributed by atoms with Gasteiger partial charge in [-0.3, -0.25) is 0 Å². The summed E-state index contributed by atoms with van der Waals surface area (Å²) in [7, 11) is 0. The Morgan fingerprint density at radius 2 is 1.91 bits per heavy atom. The first kappa shape index (κ1) is 14.6. The van der Waals surface area contributed by atoms with Gasteiger partial charge < -0.3 is 9.30 Å². The van der Waals surface area contributed by atoms with E-state index in [0.717, 1.165) is 23.6 Å². The molecule has 0 atom stereocenters. The number of aromatic nitrogens is 2. The average Bonchev–Trinajstić information content (AvgIpc) is 2.87. The zero-order chi connectivity index (χ0) is 15.5. The van der Waals surface area contributed by atoms with Crippen molar-refractivity contribution >= 4 is 11.0 Å². The maximum Gasteiger partial charge on any atom is 0.119 e. The molecule has 0 aliphatic heterocycles. The highest BCUT2D eigenvalue weighted by Crippen LogP contribution is 2.22. The summed E-state index contributed by atoms with van der Waals surface area (Å²) in [4.78, 5) is 4.76. The molecular formula is C19H22N2O. The summed E-state index contributed by atoms with van der Waals surface area (Å²) in [6.07, 6.45) is 0. The SMILES string of the molecule is Cc1cccc(OCCn2c(C(C)C)nc3ccccc32)c1. The highest BCUT2D eigenvalue weighted by Gasteiger charge is 2.13. The Hall–Kier alpha value is -2.29. The molecule has 114 valence electrons. The van der Waals surface area contributed by atoms with E-state index in [1.807, 2.05) is 18.2 Å². The van der Waals surface area contributed by atoms with Crippen LogP contribution in [0.25, 0.3) is 11.0 Å². The standard InChI is InChI=1S/C19H22N2O/c1-14(2)19-20-17-9-4-5-10-18(17)21(19)11-12-22-16-8-6-7-15(3)13-16/h4-10,13-14H,11-12H2,1-3H3. The zero-order valence-electron chi connectivity index (χ0n) is 13.4. The van der Waals surface area contributed by atoms with E-state index in [-0.39, 0.29) is 0 Å². The molecule has 0 amide bonds. The van der Waals surface area contributed by atoms with E-state index in [0.29, 0.717) is 12.5 Å². The summed E-state index contributed by atoms with van der Waals surface area (Å²) in [5.41, 5.74) is 3.45. The summed E-state index contributed by atoms with van der Waals surface area (Å²) >= 11 is 0. The van der Waals surface area contributed by atoms with Gasteiger partial charge in [0.1, 0.15) is 18.2 Å². The molecule has 0 aliphatic carbocycles. The van der Waals surface area contributed by atoms with Crippen LogP contribution in [0.4, 0.5) is 0 Å². The fourth-order valence-corrected chi connectivity index (χ4v) is 2.73. The number of benzene rings is 2. The molecule has 0 bridgehead atoms. The van der Waals surface area contributed by atoms with Gasteiger partial charge in [0, 0.05) is 5.92 Å². The quantitative estimate of drug-likeness (QED) is 0.690. The molecule has 22 heavy (non-hydrogen) atoms. The van der Waals surface area contributed by atoms with Crippen LogP contribution in [0, 0.1) is 6.92 Å². The molecule has 1 heterocycles. The van der Waals surface area contributed by atoms with Crippen molar-refractivity contribution in [2.24, 2.45) is 0 Å². The fraction of sp³-hybridized carbons (Fsp3) is 0.316. The van der Waals surface area contributed by atoms with Crippen LogP contribution in [0.5, 0.6) is 5.75 Å². The summed E-state index contributed by atoms with van der Waals surface area (Å²) in [6.45, 7) is 7.89. The maximum absolute atomic E-state index is 5.90. The van der Waals surface area contributed by atoms with Crippen LogP contribution >= 0.6 is 0 Å². The molecule has 3 nitrogen and oxygen atoms in total. The van der Waals surface area contributed by atoms with E-state index in [2.05, 4.69) is 55.7 Å². The normalized spacial score (nSPS) is 11.3. The Balaban J connectivity index is 1.79. The van der Waals surface area contributed by atoms with Gasteiger partial charge in [0.25, 0.3) is 0 Å². The largest absolute Gasteiger partial charge is 0.492 e. The number of rotatable bonds is 5. The zero-order valence-corrected chi connectivity index (χ0v) is 13.4. The van der Waals surface area contributed by atoms with Gasteiger partial charge in [-0.25, -0.2) is 4.98 Å². The number of aryl methyl sites for hydroxylation is 1. The van der Waals surface area contributed by atoms with Crippen molar-refractivity contribution in [3.05, 3.63) is 59.9 Å². The second-order valence-electron chi connectivity index (χ2n) is 5.93. The Morgan fingerprint density at radius 3 is 2.68 bits per heavy atom. The smallest absolute Gasteiger partial charge is 0.119 e. The lowest BCUT2D eigenvalue weighted by Crippen LogP contribution is -2.12. The summed E-state index contributed by atoms with van der Waals surface area (Å²) in [6, 6.07) is 16.5. The first-order valence-electron chi connectivity index (χ1n) is 7.80. The summed E-state index contributed by atoms with van der Waals surface area (Å²) < 4.78 is 8.17. The van der Waals surface area contributed by atoms with Crippen LogP contribution in [0.15, 0.2) is 48.5 Å². The minimum Gasteiger partial charge on any atom is -0.492 e. The molecule has 0 fully saturated rings. The Morgan fingerprint density at radius 1 is 1.09 bits per heavy atom. The fourth-order valence-electron chi connectivity index (χ4n) is 2.73. The molecule has 0 saturated heterocycles. The van der Waals surface area contributed by atoms with Gasteiger partial charge in [-0.1, -0.05) is 38.1 Å². The maximum atomic E-state index is 5.90. The molecule has 2 aromatic carbocycles. The number of imidazole rings is 1. The number of nitrogens with zero attached hydrogens (tertiary/aromatic N) is 2. The second kappa shape index (κ2) is 6.22. The van der Waals surface area contributed by atoms with Gasteiger partial charge in [0.15, 0.2) is 0 Å². The van der Waals surface area contributed by atoms with Crippen LogP contribution in [0.3, 0.4) is 0 Å². The Kier molecular flexibility index (Phi) is 4.14. The highest BCUT2D eigenvalue weighted by atomic mass is 16.5. The molecule has 0 spiro atoms. The van der Waals surface area contributed by atoms with Crippen molar-refractivity contribution in [1.29, 1.82) is 0 Å². The third kappa shape index (κ3) is 2.98. The highest BCUT2D eigenvalue weighted by molar-refractivity contribution is 5.76. The first-order chi connectivity index (χ1) is 10.6. The van der Waals surface area contributed by atoms with E-state index < -0.39 is 0 Å². The van der Waals surface area contributed by atoms with E-state index in [9.17, 15) is 0 Å². The van der Waals surface area contributed by atoms with Crippen molar-refractivity contribution < 1.29 is 4.74 Å². The van der Waals surface area contributed by atoms with Gasteiger partial charge >= 0.3 is 0 Å². The van der Waals surface area contributed by atoms with Gasteiger partial charge in [0.05, 0.1) is 17.6 Å². The van der Waals surface area contributed by atoms with Gasteiger partial charge in [-0.05, 0) is 36.8 Å². The van der Waals surface area contributed by atoms with Crippen molar-refractivity contribution in [1.82, 2.24) is 9.55 Å². The predicted octanol–water partition coefficient (Wildman–Crippen LogP) is 4.55. The van der Waals surface area contributed by atoms with Crippen LogP contribution in [0.1, 0.15) is 31.2 Å². The molecule has 0 radical (unpaired) electrons. The number of fused-ring (bicyclic) bond motifs is 1. The van der Waals surface area contributed by atoms with Crippen LogP contribution in [-0.2, 0) is 6.54 Å². The Bertz CT molecular complexity index is 774. The van der Waals surface area contributed by atoms with Crippen molar-refractivity contribution in [3.8, 4) is 5.75 Å². The Labute approximate surface area is 131 Å². The van der Waals surface area contributed by atoms with Crippen molar-refractivity contribution in [2.45, 2.75) is 33.2 Å². The first-order valence-corrected chi connectivity index (χ1v) is 7.80. The number of hydrogen-bond acceptors (Lipinski definition) is 2. The predicted molar refractivity (Wildman–Crippen MR) is 90.5 cm³/mol. The van der Waals surface area contributed by atoms with Crippen molar-refractivity contribution in [2.75, 3.05) is 6.61 Å². The van der Waals surface area contributed by atoms with Crippen LogP contribution in [0.2, 0.25) is 0 Å². The van der Waals surface area contributed by atoms with Gasteiger partial charge in [0.2, 0.25) is 0 Å². The van der Waals surface area contributed by atoms with Crippen LogP contribution in [-0.4, -0.2) is 16.2 Å². The third-order valence-corrected chi connectivity index (χ3v) is 3.77. The molecule has 3 rings (SSSR count). The van der Waals surface area contributed by atoms with Gasteiger partial charge in [-0.15, -0.1) is 0 Å². The monoisotopic (exact) mass is 294 g/mol. The summed E-state index contributed by atoms with van der Waals surface area (Å²) in [5.74, 6) is 2.44. The van der Waals surface area contributed by atoms with E-state index in [4.69, 9.17) is 9.72 Å². The minimum atomic E-state index is 0.395. The lowest BCUT2D eigenvalue weighted by atomic mass is 10.2.